The monoisotopic (exact) mass is 422 g/mol. The molecule has 0 spiro atoms. The summed E-state index contributed by atoms with van der Waals surface area (Å²) in [5, 5.41) is 4.89. The molecule has 3 rings (SSSR count). The molecule has 0 aromatic heterocycles. The second kappa shape index (κ2) is 6.37. The average molecular weight is 422 g/mol. The van der Waals surface area contributed by atoms with E-state index < -0.39 is 11.8 Å². The fourth-order valence-electron chi connectivity index (χ4n) is 2.18. The molecule has 6 nitrogen and oxygen atoms in total. The molecular formula is C16H11IN2O4. The van der Waals surface area contributed by atoms with Crippen LogP contribution in [0.3, 0.4) is 0 Å². The topological polar surface area (TPSA) is 84.5 Å². The first kappa shape index (κ1) is 15.5. The molecule has 0 radical (unpaired) electrons. The van der Waals surface area contributed by atoms with Gasteiger partial charge >= 0.3 is 0 Å². The minimum absolute atomic E-state index is 0.150. The number of ether oxygens (including phenoxy) is 1. The van der Waals surface area contributed by atoms with Gasteiger partial charge in [0, 0.05) is 9.26 Å². The van der Waals surface area contributed by atoms with E-state index in [1.165, 1.54) is 6.07 Å². The molecule has 0 aliphatic carbocycles. The highest BCUT2D eigenvalue weighted by molar-refractivity contribution is 14.1. The molecule has 0 atom stereocenters. The number of nitrogens with one attached hydrogen (secondary N) is 2. The standard InChI is InChI=1S/C16H11IN2O4/c17-12-7-9(6-11-14(12)16(22)19-15(11)21)18-13(20)8-23-10-4-2-1-3-5-10/h1-7H,8H2,(H,18,20)(H,19,21,22). The van der Waals surface area contributed by atoms with E-state index in [1.807, 2.05) is 40.8 Å². The Morgan fingerprint density at radius 1 is 1.13 bits per heavy atom. The predicted octanol–water partition coefficient (Wildman–Crippen LogP) is 2.19. The van der Waals surface area contributed by atoms with Crippen LogP contribution >= 0.6 is 22.6 Å². The van der Waals surface area contributed by atoms with Crippen molar-refractivity contribution in [3.63, 3.8) is 0 Å². The molecule has 0 saturated carbocycles. The maximum absolute atomic E-state index is 11.9. The maximum atomic E-state index is 11.9. The lowest BCUT2D eigenvalue weighted by atomic mass is 10.1. The fourth-order valence-corrected chi connectivity index (χ4v) is 3.06. The second-order valence-corrected chi connectivity index (χ2v) is 5.98. The quantitative estimate of drug-likeness (QED) is 0.585. The van der Waals surface area contributed by atoms with E-state index in [4.69, 9.17) is 4.74 Å². The summed E-state index contributed by atoms with van der Waals surface area (Å²) in [5.74, 6) is -0.635. The van der Waals surface area contributed by atoms with Crippen LogP contribution in [-0.2, 0) is 4.79 Å². The summed E-state index contributed by atoms with van der Waals surface area (Å²) in [6, 6.07) is 12.1. The van der Waals surface area contributed by atoms with Gasteiger partial charge in [-0.3, -0.25) is 19.7 Å². The molecule has 2 aromatic rings. The van der Waals surface area contributed by atoms with Gasteiger partial charge in [0.25, 0.3) is 17.7 Å². The molecular weight excluding hydrogens is 411 g/mol. The molecule has 1 heterocycles. The number of fused-ring (bicyclic) bond motifs is 1. The van der Waals surface area contributed by atoms with Crippen molar-refractivity contribution in [2.24, 2.45) is 0 Å². The minimum atomic E-state index is -0.459. The molecule has 2 N–H and O–H groups in total. The van der Waals surface area contributed by atoms with Crippen LogP contribution in [-0.4, -0.2) is 24.3 Å². The number of amides is 3. The van der Waals surface area contributed by atoms with E-state index in [0.29, 0.717) is 20.6 Å². The van der Waals surface area contributed by atoms with Crippen molar-refractivity contribution in [1.29, 1.82) is 0 Å². The summed E-state index contributed by atoms with van der Waals surface area (Å²) in [6.45, 7) is -0.150. The third-order valence-corrected chi connectivity index (χ3v) is 4.04. The first-order valence-corrected chi connectivity index (χ1v) is 7.79. The van der Waals surface area contributed by atoms with Gasteiger partial charge in [-0.1, -0.05) is 18.2 Å². The minimum Gasteiger partial charge on any atom is -0.484 e. The normalized spacial score (nSPS) is 12.6. The number of anilines is 1. The van der Waals surface area contributed by atoms with Gasteiger partial charge in [0.15, 0.2) is 6.61 Å². The highest BCUT2D eigenvalue weighted by Gasteiger charge is 2.29. The van der Waals surface area contributed by atoms with Gasteiger partial charge < -0.3 is 10.1 Å². The van der Waals surface area contributed by atoms with Crippen molar-refractivity contribution in [3.8, 4) is 5.75 Å². The van der Waals surface area contributed by atoms with Gasteiger partial charge in [0.2, 0.25) is 0 Å². The largest absolute Gasteiger partial charge is 0.484 e. The van der Waals surface area contributed by atoms with Crippen molar-refractivity contribution in [2.75, 3.05) is 11.9 Å². The number of benzene rings is 2. The van der Waals surface area contributed by atoms with Crippen LogP contribution in [0.1, 0.15) is 20.7 Å². The molecule has 0 bridgehead atoms. The van der Waals surface area contributed by atoms with Crippen LogP contribution in [0.25, 0.3) is 0 Å². The Labute approximate surface area is 145 Å². The van der Waals surface area contributed by atoms with E-state index in [0.717, 1.165) is 0 Å². The van der Waals surface area contributed by atoms with Crippen molar-refractivity contribution in [1.82, 2.24) is 5.32 Å². The number of para-hydroxylation sites is 1. The van der Waals surface area contributed by atoms with E-state index in [1.54, 1.807) is 18.2 Å². The van der Waals surface area contributed by atoms with Gasteiger partial charge in [-0.2, -0.15) is 0 Å². The highest BCUT2D eigenvalue weighted by Crippen LogP contribution is 2.26. The van der Waals surface area contributed by atoms with Crippen LogP contribution < -0.4 is 15.4 Å². The van der Waals surface area contributed by atoms with Gasteiger partial charge in [0.05, 0.1) is 11.1 Å². The molecule has 7 heteroatoms. The van der Waals surface area contributed by atoms with E-state index in [9.17, 15) is 14.4 Å². The Hall–Kier alpha value is -2.42. The number of rotatable bonds is 4. The van der Waals surface area contributed by atoms with Crippen molar-refractivity contribution in [3.05, 3.63) is 57.2 Å². The van der Waals surface area contributed by atoms with Crippen molar-refractivity contribution >= 4 is 46.0 Å². The SMILES string of the molecule is O=C(COc1ccccc1)Nc1cc(I)c2c(c1)C(=O)NC2=O. The zero-order valence-corrected chi connectivity index (χ0v) is 13.9. The van der Waals surface area contributed by atoms with Gasteiger partial charge in [-0.05, 0) is 46.9 Å². The number of hydrogen-bond acceptors (Lipinski definition) is 4. The molecule has 1 aliphatic rings. The smallest absolute Gasteiger partial charge is 0.262 e. The van der Waals surface area contributed by atoms with Crippen LogP contribution in [0.5, 0.6) is 5.75 Å². The zero-order chi connectivity index (χ0) is 16.4. The van der Waals surface area contributed by atoms with Crippen LogP contribution in [0, 0.1) is 3.57 Å². The van der Waals surface area contributed by atoms with E-state index in [-0.39, 0.29) is 18.1 Å². The Balaban J connectivity index is 1.70. The Morgan fingerprint density at radius 2 is 1.87 bits per heavy atom. The summed E-state index contributed by atoms with van der Waals surface area (Å²) < 4.78 is 5.95. The van der Waals surface area contributed by atoms with Crippen molar-refractivity contribution < 1.29 is 19.1 Å². The number of hydrogen-bond donors (Lipinski definition) is 2. The van der Waals surface area contributed by atoms with Gasteiger partial charge in [-0.15, -0.1) is 0 Å². The lowest BCUT2D eigenvalue weighted by Crippen LogP contribution is -2.20. The van der Waals surface area contributed by atoms with Crippen molar-refractivity contribution in [2.45, 2.75) is 0 Å². The molecule has 3 amide bonds. The third-order valence-electron chi connectivity index (χ3n) is 3.19. The summed E-state index contributed by atoms with van der Waals surface area (Å²) in [7, 11) is 0. The summed E-state index contributed by atoms with van der Waals surface area (Å²) in [4.78, 5) is 35.3. The molecule has 0 fully saturated rings. The first-order valence-electron chi connectivity index (χ1n) is 6.71. The summed E-state index contributed by atoms with van der Waals surface area (Å²) in [6.07, 6.45) is 0. The first-order chi connectivity index (χ1) is 11.0. The van der Waals surface area contributed by atoms with Gasteiger partial charge in [0.1, 0.15) is 5.75 Å². The number of imide groups is 1. The lowest BCUT2D eigenvalue weighted by molar-refractivity contribution is -0.118. The molecule has 0 unspecified atom stereocenters. The van der Waals surface area contributed by atoms with Crippen LogP contribution in [0.2, 0.25) is 0 Å². The third kappa shape index (κ3) is 3.34. The Bertz CT molecular complexity index is 805. The summed E-state index contributed by atoms with van der Waals surface area (Å²) in [5.41, 5.74) is 1.05. The zero-order valence-electron chi connectivity index (χ0n) is 11.8. The Kier molecular flexibility index (Phi) is 4.28. The van der Waals surface area contributed by atoms with Crippen LogP contribution in [0.4, 0.5) is 5.69 Å². The van der Waals surface area contributed by atoms with Gasteiger partial charge in [-0.25, -0.2) is 0 Å². The molecule has 116 valence electrons. The second-order valence-electron chi connectivity index (χ2n) is 4.81. The maximum Gasteiger partial charge on any atom is 0.262 e. The van der Waals surface area contributed by atoms with E-state index in [2.05, 4.69) is 10.6 Å². The highest BCUT2D eigenvalue weighted by atomic mass is 127. The molecule has 2 aromatic carbocycles. The summed E-state index contributed by atoms with van der Waals surface area (Å²) >= 11 is 1.96. The van der Waals surface area contributed by atoms with E-state index >= 15 is 0 Å². The molecule has 23 heavy (non-hydrogen) atoms. The lowest BCUT2D eigenvalue weighted by Gasteiger charge is -2.09. The fraction of sp³-hybridized carbons (Fsp3) is 0.0625. The molecule has 0 saturated heterocycles. The number of carbonyl (C=O) groups excluding carboxylic acids is 3. The van der Waals surface area contributed by atoms with Crippen LogP contribution in [0.15, 0.2) is 42.5 Å². The number of carbonyl (C=O) groups is 3. The number of halogens is 1. The Morgan fingerprint density at radius 3 is 2.61 bits per heavy atom. The average Bonchev–Trinajstić information content (AvgIpc) is 2.81. The molecule has 1 aliphatic heterocycles. The predicted molar refractivity (Wildman–Crippen MR) is 91.5 cm³/mol.